The predicted molar refractivity (Wildman–Crippen MR) is 108 cm³/mol. The molecule has 2 rings (SSSR count). The maximum Gasteiger partial charge on any atom is 0.311 e. The van der Waals surface area contributed by atoms with E-state index < -0.39 is 11.2 Å². The Balaban J connectivity index is 1.96. The van der Waals surface area contributed by atoms with Crippen molar-refractivity contribution in [3.8, 4) is 0 Å². The molecule has 2 atom stereocenters. The average Bonchev–Trinajstić information content (AvgIpc) is 2.68. The van der Waals surface area contributed by atoms with Gasteiger partial charge in [0.05, 0.1) is 24.5 Å². The van der Waals surface area contributed by atoms with Gasteiger partial charge in [0.2, 0.25) is 5.91 Å². The number of rotatable bonds is 9. The number of carbonyl (C=O) groups excluding carboxylic acids is 2. The van der Waals surface area contributed by atoms with E-state index in [0.29, 0.717) is 17.4 Å². The third-order valence-electron chi connectivity index (χ3n) is 4.27. The van der Waals surface area contributed by atoms with Crippen LogP contribution in [0.5, 0.6) is 0 Å². The van der Waals surface area contributed by atoms with E-state index in [-0.39, 0.29) is 23.8 Å². The second-order valence-electron chi connectivity index (χ2n) is 6.32. The van der Waals surface area contributed by atoms with Crippen molar-refractivity contribution in [1.29, 1.82) is 0 Å². The first-order valence-corrected chi connectivity index (χ1v) is 9.97. The van der Waals surface area contributed by atoms with Crippen LogP contribution in [-0.2, 0) is 20.7 Å². The third kappa shape index (κ3) is 6.53. The lowest BCUT2D eigenvalue weighted by Gasteiger charge is -2.18. The van der Waals surface area contributed by atoms with Crippen molar-refractivity contribution in [1.82, 2.24) is 15.3 Å². The first-order valence-electron chi connectivity index (χ1n) is 9.09. The van der Waals surface area contributed by atoms with E-state index in [0.717, 1.165) is 18.2 Å². The summed E-state index contributed by atoms with van der Waals surface area (Å²) in [6.07, 6.45) is 0.820. The quantitative estimate of drug-likeness (QED) is 0.378. The Morgan fingerprint density at radius 1 is 1.29 bits per heavy atom. The van der Waals surface area contributed by atoms with Gasteiger partial charge in [-0.3, -0.25) is 14.4 Å². The molecule has 0 bridgehead atoms. The molecule has 0 radical (unpaired) electrons. The fourth-order valence-corrected chi connectivity index (χ4v) is 3.52. The van der Waals surface area contributed by atoms with E-state index >= 15 is 0 Å². The maximum atomic E-state index is 12.5. The van der Waals surface area contributed by atoms with E-state index in [2.05, 4.69) is 39.1 Å². The van der Waals surface area contributed by atoms with E-state index in [1.165, 1.54) is 18.7 Å². The Labute approximate surface area is 168 Å². The number of nitrogens with zero attached hydrogens (tertiary/aromatic N) is 1. The van der Waals surface area contributed by atoms with E-state index in [1.807, 2.05) is 18.2 Å². The Morgan fingerprint density at radius 2 is 2.00 bits per heavy atom. The number of carbonyl (C=O) groups is 2. The molecule has 7 nitrogen and oxygen atoms in total. The number of hydrogen-bond acceptors (Lipinski definition) is 6. The Bertz CT molecular complexity index is 854. The molecule has 0 aliphatic carbocycles. The van der Waals surface area contributed by atoms with Gasteiger partial charge in [0, 0.05) is 18.5 Å². The van der Waals surface area contributed by atoms with Crippen LogP contribution in [0.1, 0.15) is 37.4 Å². The Morgan fingerprint density at radius 3 is 2.64 bits per heavy atom. The highest BCUT2D eigenvalue weighted by Crippen LogP contribution is 2.21. The van der Waals surface area contributed by atoms with Crippen LogP contribution in [0, 0.1) is 0 Å². The molecule has 2 aromatic rings. The van der Waals surface area contributed by atoms with Gasteiger partial charge in [-0.25, -0.2) is 4.98 Å². The Kier molecular flexibility index (Phi) is 8.25. The van der Waals surface area contributed by atoms with E-state index in [4.69, 9.17) is 0 Å². The SMILES string of the molecule is CC[C@@H](CNC(=O)[C@@H](C)Sc1nc(CC(=O)OC)cc(=O)[nH]1)c1ccccc1. The lowest BCUT2D eigenvalue weighted by atomic mass is 9.96. The molecule has 1 aromatic carbocycles. The van der Waals surface area contributed by atoms with Crippen LogP contribution in [0.4, 0.5) is 0 Å². The zero-order valence-electron chi connectivity index (χ0n) is 16.2. The second-order valence-corrected chi connectivity index (χ2v) is 7.65. The highest BCUT2D eigenvalue weighted by molar-refractivity contribution is 8.00. The lowest BCUT2D eigenvalue weighted by molar-refractivity contribution is -0.139. The number of methoxy groups -OCH3 is 1. The normalized spacial score (nSPS) is 12.8. The van der Waals surface area contributed by atoms with Gasteiger partial charge in [0.15, 0.2) is 5.16 Å². The summed E-state index contributed by atoms with van der Waals surface area (Å²) in [6.45, 7) is 4.37. The van der Waals surface area contributed by atoms with Gasteiger partial charge in [0.25, 0.3) is 5.56 Å². The highest BCUT2D eigenvalue weighted by Gasteiger charge is 2.18. The van der Waals surface area contributed by atoms with Crippen molar-refractivity contribution < 1.29 is 14.3 Å². The number of aromatic amines is 1. The van der Waals surface area contributed by atoms with Gasteiger partial charge in [-0.05, 0) is 18.9 Å². The van der Waals surface area contributed by atoms with Crippen molar-refractivity contribution in [2.24, 2.45) is 0 Å². The van der Waals surface area contributed by atoms with E-state index in [1.54, 1.807) is 6.92 Å². The summed E-state index contributed by atoms with van der Waals surface area (Å²) in [4.78, 5) is 42.5. The molecule has 0 fully saturated rings. The summed E-state index contributed by atoms with van der Waals surface area (Å²) in [6, 6.07) is 11.3. The molecule has 0 aliphatic heterocycles. The average molecular weight is 404 g/mol. The minimum Gasteiger partial charge on any atom is -0.469 e. The molecule has 0 spiro atoms. The fraction of sp³-hybridized carbons (Fsp3) is 0.400. The number of benzene rings is 1. The minimum absolute atomic E-state index is 0.0934. The van der Waals surface area contributed by atoms with Gasteiger partial charge in [0.1, 0.15) is 0 Å². The number of aromatic nitrogens is 2. The molecule has 0 aliphatic rings. The van der Waals surface area contributed by atoms with Crippen molar-refractivity contribution in [2.45, 2.75) is 43.0 Å². The molecule has 1 aromatic heterocycles. The number of nitrogens with one attached hydrogen (secondary N) is 2. The van der Waals surface area contributed by atoms with Crippen molar-refractivity contribution in [3.05, 3.63) is 58.0 Å². The number of ether oxygens (including phenoxy) is 1. The zero-order chi connectivity index (χ0) is 20.5. The number of amides is 1. The summed E-state index contributed by atoms with van der Waals surface area (Å²) in [5, 5.41) is 2.81. The van der Waals surface area contributed by atoms with Crippen LogP contribution in [0.15, 0.2) is 46.3 Å². The predicted octanol–water partition coefficient (Wildman–Crippen LogP) is 2.28. The number of esters is 1. The molecule has 0 saturated heterocycles. The van der Waals surface area contributed by atoms with Crippen LogP contribution in [-0.4, -0.2) is 40.7 Å². The second kappa shape index (κ2) is 10.7. The van der Waals surface area contributed by atoms with Crippen molar-refractivity contribution in [2.75, 3.05) is 13.7 Å². The molecule has 1 heterocycles. The lowest BCUT2D eigenvalue weighted by Crippen LogP contribution is -2.34. The fourth-order valence-electron chi connectivity index (χ4n) is 2.66. The smallest absolute Gasteiger partial charge is 0.311 e. The first-order chi connectivity index (χ1) is 13.4. The van der Waals surface area contributed by atoms with Gasteiger partial charge in [-0.2, -0.15) is 0 Å². The molecule has 28 heavy (non-hydrogen) atoms. The number of hydrogen-bond donors (Lipinski definition) is 2. The monoisotopic (exact) mass is 403 g/mol. The van der Waals surface area contributed by atoms with Crippen molar-refractivity contribution >= 4 is 23.6 Å². The summed E-state index contributed by atoms with van der Waals surface area (Å²) in [5.74, 6) is -0.379. The molecule has 8 heteroatoms. The van der Waals surface area contributed by atoms with Gasteiger partial charge in [-0.15, -0.1) is 0 Å². The molecular weight excluding hydrogens is 378 g/mol. The Hall–Kier alpha value is -2.61. The summed E-state index contributed by atoms with van der Waals surface area (Å²) >= 11 is 1.14. The van der Waals surface area contributed by atoms with Crippen LogP contribution in [0.2, 0.25) is 0 Å². The summed E-state index contributed by atoms with van der Waals surface area (Å²) < 4.78 is 4.59. The first kappa shape index (κ1) is 21.7. The molecule has 1 amide bonds. The summed E-state index contributed by atoms with van der Waals surface area (Å²) in [7, 11) is 1.27. The molecule has 0 saturated carbocycles. The van der Waals surface area contributed by atoms with Gasteiger partial charge < -0.3 is 15.0 Å². The minimum atomic E-state index is -0.480. The van der Waals surface area contributed by atoms with Crippen LogP contribution in [0.3, 0.4) is 0 Å². The third-order valence-corrected chi connectivity index (χ3v) is 5.25. The molecule has 0 unspecified atom stereocenters. The zero-order valence-corrected chi connectivity index (χ0v) is 17.0. The van der Waals surface area contributed by atoms with Crippen LogP contribution < -0.4 is 10.9 Å². The topological polar surface area (TPSA) is 101 Å². The molecular formula is C20H25N3O4S. The maximum absolute atomic E-state index is 12.5. The van der Waals surface area contributed by atoms with Gasteiger partial charge in [-0.1, -0.05) is 49.0 Å². The van der Waals surface area contributed by atoms with Crippen LogP contribution in [0.25, 0.3) is 0 Å². The number of H-pyrrole nitrogens is 1. The van der Waals surface area contributed by atoms with Gasteiger partial charge >= 0.3 is 5.97 Å². The van der Waals surface area contributed by atoms with Crippen molar-refractivity contribution in [3.63, 3.8) is 0 Å². The van der Waals surface area contributed by atoms with E-state index in [9.17, 15) is 14.4 Å². The molecule has 2 N–H and O–H groups in total. The molecule has 150 valence electrons. The summed E-state index contributed by atoms with van der Waals surface area (Å²) in [5.41, 5.74) is 1.12. The largest absolute Gasteiger partial charge is 0.469 e. The number of thioether (sulfide) groups is 1. The van der Waals surface area contributed by atoms with Crippen LogP contribution >= 0.6 is 11.8 Å². The standard InChI is InChI=1S/C20H25N3O4S/c1-4-14(15-8-6-5-7-9-15)12-21-19(26)13(2)28-20-22-16(10-17(24)23-20)11-18(25)27-3/h5-10,13-14H,4,11-12H2,1-3H3,(H,21,26)(H,22,23,24)/t13-,14+/m1/s1. The highest BCUT2D eigenvalue weighted by atomic mass is 32.2.